The fraction of sp³-hybridized carbons (Fsp3) is 0.600. The predicted octanol–water partition coefficient (Wildman–Crippen LogP) is 2.88. The van der Waals surface area contributed by atoms with E-state index in [0.29, 0.717) is 30.2 Å². The van der Waals surface area contributed by atoms with Crippen LogP contribution in [0, 0.1) is 0 Å². The van der Waals surface area contributed by atoms with Crippen molar-refractivity contribution in [3.05, 3.63) is 28.5 Å². The van der Waals surface area contributed by atoms with Gasteiger partial charge in [-0.1, -0.05) is 32.4 Å². The third kappa shape index (κ3) is 4.46. The SMILES string of the molecule is CCN(CCCO)C(=O)c1cc(Cl)nc(C(C)(C)C)c1. The molecule has 0 radical (unpaired) electrons. The zero-order valence-electron chi connectivity index (χ0n) is 12.6. The van der Waals surface area contributed by atoms with E-state index in [1.54, 1.807) is 17.0 Å². The molecule has 1 amide bonds. The van der Waals surface area contributed by atoms with Gasteiger partial charge in [0.2, 0.25) is 0 Å². The van der Waals surface area contributed by atoms with E-state index < -0.39 is 0 Å². The Labute approximate surface area is 125 Å². The van der Waals surface area contributed by atoms with Crippen LogP contribution in [0.15, 0.2) is 12.1 Å². The largest absolute Gasteiger partial charge is 0.396 e. The monoisotopic (exact) mass is 298 g/mol. The average molecular weight is 299 g/mol. The number of halogens is 1. The summed E-state index contributed by atoms with van der Waals surface area (Å²) >= 11 is 6.03. The van der Waals surface area contributed by atoms with E-state index in [1.807, 2.05) is 27.7 Å². The maximum absolute atomic E-state index is 12.5. The first-order valence-electron chi connectivity index (χ1n) is 6.87. The quantitative estimate of drug-likeness (QED) is 0.851. The first-order chi connectivity index (χ1) is 9.29. The summed E-state index contributed by atoms with van der Waals surface area (Å²) < 4.78 is 0. The molecule has 1 aromatic heterocycles. The van der Waals surface area contributed by atoms with Crippen molar-refractivity contribution in [1.29, 1.82) is 0 Å². The summed E-state index contributed by atoms with van der Waals surface area (Å²) in [6.07, 6.45) is 0.574. The third-order valence-electron chi connectivity index (χ3n) is 3.06. The van der Waals surface area contributed by atoms with Crippen molar-refractivity contribution >= 4 is 17.5 Å². The summed E-state index contributed by atoms with van der Waals surface area (Å²) in [7, 11) is 0. The Hall–Kier alpha value is -1.13. The maximum atomic E-state index is 12.5. The van der Waals surface area contributed by atoms with Gasteiger partial charge in [0.05, 0.1) is 0 Å². The molecule has 0 saturated carbocycles. The molecule has 0 bridgehead atoms. The molecule has 1 N–H and O–H groups in total. The van der Waals surface area contributed by atoms with Crippen LogP contribution in [0.1, 0.15) is 50.2 Å². The van der Waals surface area contributed by atoms with E-state index in [4.69, 9.17) is 16.7 Å². The first kappa shape index (κ1) is 16.9. The van der Waals surface area contributed by atoms with E-state index in [-0.39, 0.29) is 17.9 Å². The van der Waals surface area contributed by atoms with E-state index in [0.717, 1.165) is 5.69 Å². The molecule has 112 valence electrons. The molecule has 0 aliphatic rings. The molecular formula is C15H23ClN2O2. The van der Waals surface area contributed by atoms with Crippen molar-refractivity contribution in [3.8, 4) is 0 Å². The molecule has 1 rings (SSSR count). The second-order valence-corrected chi connectivity index (χ2v) is 6.16. The Morgan fingerprint density at radius 3 is 2.55 bits per heavy atom. The average Bonchev–Trinajstić information content (AvgIpc) is 2.37. The lowest BCUT2D eigenvalue weighted by molar-refractivity contribution is 0.0754. The van der Waals surface area contributed by atoms with Crippen LogP contribution in [-0.2, 0) is 5.41 Å². The molecule has 20 heavy (non-hydrogen) atoms. The fourth-order valence-electron chi connectivity index (χ4n) is 1.85. The lowest BCUT2D eigenvalue weighted by Crippen LogP contribution is -2.32. The number of carbonyl (C=O) groups excluding carboxylic acids is 1. The van der Waals surface area contributed by atoms with Gasteiger partial charge in [0.1, 0.15) is 5.15 Å². The van der Waals surface area contributed by atoms with Gasteiger partial charge in [-0.3, -0.25) is 4.79 Å². The standard InChI is InChI=1S/C15H23ClN2O2/c1-5-18(7-6-8-19)14(20)11-9-12(15(2,3)4)17-13(16)10-11/h9-10,19H,5-8H2,1-4H3. The second-order valence-electron chi connectivity index (χ2n) is 5.78. The van der Waals surface area contributed by atoms with Crippen LogP contribution in [0.25, 0.3) is 0 Å². The number of nitrogens with zero attached hydrogens (tertiary/aromatic N) is 2. The molecule has 4 nitrogen and oxygen atoms in total. The minimum atomic E-state index is -0.165. The lowest BCUT2D eigenvalue weighted by Gasteiger charge is -2.23. The highest BCUT2D eigenvalue weighted by Gasteiger charge is 2.21. The topological polar surface area (TPSA) is 53.4 Å². The lowest BCUT2D eigenvalue weighted by atomic mass is 9.91. The Balaban J connectivity index is 3.06. The summed E-state index contributed by atoms with van der Waals surface area (Å²) in [5, 5.41) is 9.22. The summed E-state index contributed by atoms with van der Waals surface area (Å²) in [6, 6.07) is 3.40. The summed E-state index contributed by atoms with van der Waals surface area (Å²) in [6.45, 7) is 9.23. The normalized spacial score (nSPS) is 11.5. The van der Waals surface area contributed by atoms with Crippen molar-refractivity contribution < 1.29 is 9.90 Å². The molecule has 1 aromatic rings. The molecule has 0 aliphatic carbocycles. The molecule has 0 saturated heterocycles. The van der Waals surface area contributed by atoms with Gasteiger partial charge in [0.15, 0.2) is 0 Å². The second kappa shape index (κ2) is 7.04. The van der Waals surface area contributed by atoms with E-state index in [9.17, 15) is 4.79 Å². The Morgan fingerprint density at radius 2 is 2.05 bits per heavy atom. The highest BCUT2D eigenvalue weighted by atomic mass is 35.5. The number of carbonyl (C=O) groups is 1. The highest BCUT2D eigenvalue weighted by molar-refractivity contribution is 6.29. The van der Waals surface area contributed by atoms with Crippen LogP contribution in [-0.4, -0.2) is 40.6 Å². The van der Waals surface area contributed by atoms with E-state index in [2.05, 4.69) is 4.98 Å². The minimum absolute atomic E-state index is 0.0734. The zero-order chi connectivity index (χ0) is 15.3. The van der Waals surface area contributed by atoms with Gasteiger partial charge in [-0.05, 0) is 25.5 Å². The van der Waals surface area contributed by atoms with E-state index in [1.165, 1.54) is 0 Å². The van der Waals surface area contributed by atoms with Crippen LogP contribution in [0.5, 0.6) is 0 Å². The Morgan fingerprint density at radius 1 is 1.40 bits per heavy atom. The first-order valence-corrected chi connectivity index (χ1v) is 7.25. The van der Waals surface area contributed by atoms with Crippen molar-refractivity contribution in [1.82, 2.24) is 9.88 Å². The number of aliphatic hydroxyl groups is 1. The molecule has 0 unspecified atom stereocenters. The molecule has 0 fully saturated rings. The van der Waals surface area contributed by atoms with Gasteiger partial charge in [0, 0.05) is 36.4 Å². The molecular weight excluding hydrogens is 276 g/mol. The van der Waals surface area contributed by atoms with Crippen molar-refractivity contribution in [3.63, 3.8) is 0 Å². The molecule has 0 aromatic carbocycles. The van der Waals surface area contributed by atoms with Gasteiger partial charge >= 0.3 is 0 Å². The number of hydrogen-bond donors (Lipinski definition) is 1. The molecule has 1 heterocycles. The van der Waals surface area contributed by atoms with Gasteiger partial charge in [0.25, 0.3) is 5.91 Å². The van der Waals surface area contributed by atoms with Crippen LogP contribution in [0.3, 0.4) is 0 Å². The van der Waals surface area contributed by atoms with Gasteiger partial charge in [-0.15, -0.1) is 0 Å². The number of amides is 1. The zero-order valence-corrected chi connectivity index (χ0v) is 13.4. The van der Waals surface area contributed by atoms with Crippen molar-refractivity contribution in [2.24, 2.45) is 0 Å². The number of aliphatic hydroxyl groups excluding tert-OH is 1. The van der Waals surface area contributed by atoms with Gasteiger partial charge in [-0.25, -0.2) is 4.98 Å². The summed E-state index contributed by atoms with van der Waals surface area (Å²) in [5.74, 6) is -0.0734. The molecule has 0 aliphatic heterocycles. The van der Waals surface area contributed by atoms with E-state index >= 15 is 0 Å². The number of aromatic nitrogens is 1. The number of pyridine rings is 1. The van der Waals surface area contributed by atoms with Crippen molar-refractivity contribution in [2.75, 3.05) is 19.7 Å². The molecule has 0 spiro atoms. The van der Waals surface area contributed by atoms with Crippen LogP contribution >= 0.6 is 11.6 Å². The third-order valence-corrected chi connectivity index (χ3v) is 3.26. The number of hydrogen-bond acceptors (Lipinski definition) is 3. The molecule has 5 heteroatoms. The van der Waals surface area contributed by atoms with Crippen molar-refractivity contribution in [2.45, 2.75) is 39.5 Å². The van der Waals surface area contributed by atoms with Crippen LogP contribution < -0.4 is 0 Å². The minimum Gasteiger partial charge on any atom is -0.396 e. The van der Waals surface area contributed by atoms with Crippen LogP contribution in [0.2, 0.25) is 5.15 Å². The Bertz CT molecular complexity index is 469. The fourth-order valence-corrected chi connectivity index (χ4v) is 2.06. The highest BCUT2D eigenvalue weighted by Crippen LogP contribution is 2.24. The summed E-state index contributed by atoms with van der Waals surface area (Å²) in [4.78, 5) is 18.5. The van der Waals surface area contributed by atoms with Gasteiger partial charge in [-0.2, -0.15) is 0 Å². The predicted molar refractivity (Wildman–Crippen MR) is 81.2 cm³/mol. The van der Waals surface area contributed by atoms with Gasteiger partial charge < -0.3 is 10.0 Å². The van der Waals surface area contributed by atoms with Crippen LogP contribution in [0.4, 0.5) is 0 Å². The number of rotatable bonds is 5. The Kier molecular flexibility index (Phi) is 5.96. The maximum Gasteiger partial charge on any atom is 0.254 e. The molecule has 0 atom stereocenters. The summed E-state index contributed by atoms with van der Waals surface area (Å²) in [5.41, 5.74) is 1.18. The smallest absolute Gasteiger partial charge is 0.254 e.